The normalized spacial score (nSPS) is 21.8. The number of anilines is 2. The lowest BCUT2D eigenvalue weighted by atomic mass is 9.67. The smallest absolute Gasteiger partial charge is 0.165 e. The number of carbonyl (C=O) groups is 1. The second kappa shape index (κ2) is 3.49. The Morgan fingerprint density at radius 1 is 1.00 bits per heavy atom. The van der Waals surface area contributed by atoms with Crippen molar-refractivity contribution in [1.29, 1.82) is 0 Å². The molecule has 90 valence electrons. The highest BCUT2D eigenvalue weighted by atomic mass is 16.1. The van der Waals surface area contributed by atoms with Gasteiger partial charge in [-0.2, -0.15) is 0 Å². The van der Waals surface area contributed by atoms with Gasteiger partial charge in [0.2, 0.25) is 0 Å². The van der Waals surface area contributed by atoms with Crippen molar-refractivity contribution in [2.24, 2.45) is 0 Å². The quantitative estimate of drug-likeness (QED) is 0.673. The van der Waals surface area contributed by atoms with Gasteiger partial charge < -0.3 is 11.5 Å². The fourth-order valence-corrected chi connectivity index (χ4v) is 3.66. The molecule has 3 nitrogen and oxygen atoms in total. The highest BCUT2D eigenvalue weighted by molar-refractivity contribution is 6.05. The van der Waals surface area contributed by atoms with Gasteiger partial charge in [0.25, 0.3) is 0 Å². The molecule has 0 saturated heterocycles. The first kappa shape index (κ1) is 10.6. The molecule has 1 saturated carbocycles. The summed E-state index contributed by atoms with van der Waals surface area (Å²) in [5.41, 5.74) is 15.4. The van der Waals surface area contributed by atoms with Crippen LogP contribution in [0, 0.1) is 0 Å². The fourth-order valence-electron chi connectivity index (χ4n) is 3.66. The number of nitrogen functional groups attached to an aromatic ring is 2. The van der Waals surface area contributed by atoms with Crippen LogP contribution in [0.1, 0.15) is 54.4 Å². The maximum absolute atomic E-state index is 12.1. The van der Waals surface area contributed by atoms with Crippen LogP contribution >= 0.6 is 0 Å². The average Bonchev–Trinajstić information content (AvgIpc) is 2.77. The number of benzene rings is 1. The number of fused-ring (bicyclic) bond motifs is 2. The third kappa shape index (κ3) is 1.38. The zero-order valence-corrected chi connectivity index (χ0v) is 9.96. The maximum Gasteiger partial charge on any atom is 0.165 e. The van der Waals surface area contributed by atoms with Gasteiger partial charge in [0.1, 0.15) is 0 Å². The summed E-state index contributed by atoms with van der Waals surface area (Å²) in [6.45, 7) is 0. The van der Waals surface area contributed by atoms with Crippen molar-refractivity contribution in [3.8, 4) is 0 Å². The van der Waals surface area contributed by atoms with E-state index >= 15 is 0 Å². The number of Topliss-reactive ketones (excluding diaryl/α,β-unsaturated/α-hetero) is 1. The lowest BCUT2D eigenvalue weighted by Gasteiger charge is -2.36. The monoisotopic (exact) mass is 230 g/mol. The Hall–Kier alpha value is -1.51. The minimum absolute atomic E-state index is 0.142. The molecule has 17 heavy (non-hydrogen) atoms. The van der Waals surface area contributed by atoms with Crippen molar-refractivity contribution in [2.75, 3.05) is 11.5 Å². The molecule has 1 aromatic rings. The summed E-state index contributed by atoms with van der Waals surface area (Å²) >= 11 is 0. The van der Waals surface area contributed by atoms with Gasteiger partial charge in [0.15, 0.2) is 5.78 Å². The lowest BCUT2D eigenvalue weighted by molar-refractivity contribution is 0.0953. The molecular weight excluding hydrogens is 212 g/mol. The third-order valence-electron chi connectivity index (χ3n) is 4.47. The number of hydrogen-bond acceptors (Lipinski definition) is 3. The molecule has 3 rings (SSSR count). The molecule has 0 unspecified atom stereocenters. The van der Waals surface area contributed by atoms with Gasteiger partial charge in [-0.05, 0) is 42.4 Å². The van der Waals surface area contributed by atoms with Crippen molar-refractivity contribution in [3.05, 3.63) is 23.3 Å². The maximum atomic E-state index is 12.1. The first-order valence-corrected chi connectivity index (χ1v) is 6.36. The fraction of sp³-hybridized carbons (Fsp3) is 0.500. The van der Waals surface area contributed by atoms with E-state index in [1.54, 1.807) is 6.07 Å². The van der Waals surface area contributed by atoms with E-state index in [2.05, 4.69) is 0 Å². The van der Waals surface area contributed by atoms with Crippen LogP contribution in [-0.4, -0.2) is 5.78 Å². The van der Waals surface area contributed by atoms with Crippen molar-refractivity contribution in [3.63, 3.8) is 0 Å². The molecule has 2 aliphatic rings. The Balaban J connectivity index is 2.27. The molecule has 0 aromatic heterocycles. The summed E-state index contributed by atoms with van der Waals surface area (Å²) in [6, 6.07) is 3.62. The predicted octanol–water partition coefficient (Wildman–Crippen LogP) is 2.64. The van der Waals surface area contributed by atoms with Crippen molar-refractivity contribution in [2.45, 2.75) is 43.9 Å². The largest absolute Gasteiger partial charge is 0.398 e. The topological polar surface area (TPSA) is 69.1 Å². The SMILES string of the molecule is Nc1ccc(N)c2c1C(=O)CCC21CCCC1. The molecule has 1 fully saturated rings. The van der Waals surface area contributed by atoms with Crippen molar-refractivity contribution >= 4 is 17.2 Å². The zero-order valence-electron chi connectivity index (χ0n) is 9.96. The number of ketones is 1. The molecule has 0 bridgehead atoms. The minimum Gasteiger partial charge on any atom is -0.398 e. The summed E-state index contributed by atoms with van der Waals surface area (Å²) < 4.78 is 0. The van der Waals surface area contributed by atoms with E-state index in [1.807, 2.05) is 6.07 Å². The molecule has 1 aromatic carbocycles. The molecule has 4 N–H and O–H groups in total. The Labute approximate surface area is 101 Å². The van der Waals surface area contributed by atoms with Gasteiger partial charge >= 0.3 is 0 Å². The molecule has 0 atom stereocenters. The molecular formula is C14H18N2O. The summed E-state index contributed by atoms with van der Waals surface area (Å²) in [4.78, 5) is 12.1. The van der Waals surface area contributed by atoms with E-state index in [0.717, 1.165) is 36.1 Å². The van der Waals surface area contributed by atoms with Crippen LogP contribution in [0.15, 0.2) is 12.1 Å². The van der Waals surface area contributed by atoms with E-state index in [9.17, 15) is 4.79 Å². The first-order chi connectivity index (χ1) is 8.14. The molecule has 0 aliphatic heterocycles. The number of rotatable bonds is 0. The Kier molecular flexibility index (Phi) is 2.18. The number of carbonyl (C=O) groups excluding carboxylic acids is 1. The second-order valence-electron chi connectivity index (χ2n) is 5.40. The van der Waals surface area contributed by atoms with Gasteiger partial charge in [-0.25, -0.2) is 0 Å². The van der Waals surface area contributed by atoms with Crippen LogP contribution in [0.3, 0.4) is 0 Å². The van der Waals surface area contributed by atoms with Crippen LogP contribution in [0.4, 0.5) is 11.4 Å². The van der Waals surface area contributed by atoms with Crippen molar-refractivity contribution < 1.29 is 4.79 Å². The standard InChI is InChI=1S/C14H18N2O/c15-9-3-4-10(16)13-12(9)11(17)5-8-14(13)6-1-2-7-14/h3-4H,1-2,5-8,15-16H2. The molecule has 0 radical (unpaired) electrons. The summed E-state index contributed by atoms with van der Waals surface area (Å²) in [6.07, 6.45) is 6.36. The van der Waals surface area contributed by atoms with Crippen molar-refractivity contribution in [1.82, 2.24) is 0 Å². The third-order valence-corrected chi connectivity index (χ3v) is 4.47. The van der Waals surface area contributed by atoms with Gasteiger partial charge in [-0.15, -0.1) is 0 Å². The van der Waals surface area contributed by atoms with Crippen LogP contribution in [0.25, 0.3) is 0 Å². The van der Waals surface area contributed by atoms with Crippen LogP contribution < -0.4 is 11.5 Å². The van der Waals surface area contributed by atoms with Crippen LogP contribution in [0.5, 0.6) is 0 Å². The summed E-state index contributed by atoms with van der Waals surface area (Å²) in [5.74, 6) is 0.169. The second-order valence-corrected chi connectivity index (χ2v) is 5.40. The van der Waals surface area contributed by atoms with E-state index in [-0.39, 0.29) is 11.2 Å². The highest BCUT2D eigenvalue weighted by Gasteiger charge is 2.43. The number of nitrogens with two attached hydrogens (primary N) is 2. The summed E-state index contributed by atoms with van der Waals surface area (Å²) in [7, 11) is 0. The van der Waals surface area contributed by atoms with Gasteiger partial charge in [0.05, 0.1) is 0 Å². The molecule has 2 aliphatic carbocycles. The Morgan fingerprint density at radius 2 is 1.65 bits per heavy atom. The van der Waals surface area contributed by atoms with E-state index in [0.29, 0.717) is 12.1 Å². The Morgan fingerprint density at radius 3 is 2.35 bits per heavy atom. The minimum atomic E-state index is 0.142. The first-order valence-electron chi connectivity index (χ1n) is 6.36. The van der Waals surface area contributed by atoms with Gasteiger partial charge in [-0.3, -0.25) is 4.79 Å². The zero-order chi connectivity index (χ0) is 12.0. The summed E-state index contributed by atoms with van der Waals surface area (Å²) in [5, 5.41) is 0. The highest BCUT2D eigenvalue weighted by Crippen LogP contribution is 2.51. The Bertz CT molecular complexity index is 487. The number of hydrogen-bond donors (Lipinski definition) is 2. The van der Waals surface area contributed by atoms with E-state index in [4.69, 9.17) is 11.5 Å². The van der Waals surface area contributed by atoms with E-state index < -0.39 is 0 Å². The van der Waals surface area contributed by atoms with Gasteiger partial charge in [-0.1, -0.05) is 12.8 Å². The molecule has 0 amide bonds. The van der Waals surface area contributed by atoms with Crippen LogP contribution in [0.2, 0.25) is 0 Å². The average molecular weight is 230 g/mol. The molecule has 0 heterocycles. The van der Waals surface area contributed by atoms with Crippen LogP contribution in [-0.2, 0) is 5.41 Å². The molecule has 1 spiro atoms. The van der Waals surface area contributed by atoms with E-state index in [1.165, 1.54) is 12.8 Å². The van der Waals surface area contributed by atoms with Gasteiger partial charge in [0, 0.05) is 23.4 Å². The predicted molar refractivity (Wildman–Crippen MR) is 69.0 cm³/mol. The lowest BCUT2D eigenvalue weighted by Crippen LogP contribution is -2.32. The molecule has 3 heteroatoms.